The first-order chi connectivity index (χ1) is 9.67. The average Bonchev–Trinajstić information content (AvgIpc) is 2.47. The second kappa shape index (κ2) is 6.80. The van der Waals surface area contributed by atoms with Crippen LogP contribution in [0.3, 0.4) is 0 Å². The molecule has 0 aliphatic carbocycles. The van der Waals surface area contributed by atoms with Gasteiger partial charge >= 0.3 is 0 Å². The monoisotopic (exact) mass is 274 g/mol. The summed E-state index contributed by atoms with van der Waals surface area (Å²) in [6.07, 6.45) is 3.47. The number of ether oxygens (including phenoxy) is 1. The van der Waals surface area contributed by atoms with Crippen LogP contribution in [0.2, 0.25) is 0 Å². The summed E-state index contributed by atoms with van der Waals surface area (Å²) >= 11 is 0. The normalized spacial score (nSPS) is 16.8. The molecule has 1 aromatic rings. The summed E-state index contributed by atoms with van der Waals surface area (Å²) in [5, 5.41) is 3.50. The van der Waals surface area contributed by atoms with E-state index in [4.69, 9.17) is 4.74 Å². The number of anilines is 1. The fraction of sp³-hybridized carbons (Fsp3) is 0.529. The van der Waals surface area contributed by atoms with E-state index in [0.29, 0.717) is 0 Å². The predicted octanol–water partition coefficient (Wildman–Crippen LogP) is 3.52. The topological polar surface area (TPSA) is 24.5 Å². The molecule has 0 spiro atoms. The number of benzene rings is 1. The van der Waals surface area contributed by atoms with E-state index in [1.54, 1.807) is 7.11 Å². The van der Waals surface area contributed by atoms with Gasteiger partial charge in [-0.3, -0.25) is 0 Å². The SMILES string of the molecule is CCNC(C)c1c(OC)cccc1N1CC=C(C)CC1. The Bertz CT molecular complexity index is 482. The van der Waals surface area contributed by atoms with Crippen LogP contribution in [0.15, 0.2) is 29.8 Å². The minimum Gasteiger partial charge on any atom is -0.496 e. The average molecular weight is 274 g/mol. The minimum absolute atomic E-state index is 0.290. The molecule has 1 heterocycles. The first-order valence-electron chi connectivity index (χ1n) is 7.48. The van der Waals surface area contributed by atoms with E-state index in [1.807, 2.05) is 0 Å². The van der Waals surface area contributed by atoms with Crippen molar-refractivity contribution in [3.8, 4) is 5.75 Å². The standard InChI is InChI=1S/C17H26N2O/c1-5-18-14(3)17-15(7-6-8-16(17)20-4)19-11-9-13(2)10-12-19/h6-9,14,18H,5,10-12H2,1-4H3. The van der Waals surface area contributed by atoms with Crippen LogP contribution in [0.25, 0.3) is 0 Å². The van der Waals surface area contributed by atoms with Gasteiger partial charge in [0.1, 0.15) is 5.75 Å². The van der Waals surface area contributed by atoms with Gasteiger partial charge in [0, 0.05) is 30.4 Å². The molecule has 1 N–H and O–H groups in total. The largest absolute Gasteiger partial charge is 0.496 e. The lowest BCUT2D eigenvalue weighted by Crippen LogP contribution is -2.30. The molecule has 3 heteroatoms. The molecular formula is C17H26N2O. The first-order valence-corrected chi connectivity index (χ1v) is 7.48. The summed E-state index contributed by atoms with van der Waals surface area (Å²) in [4.78, 5) is 2.44. The van der Waals surface area contributed by atoms with E-state index < -0.39 is 0 Å². The molecule has 110 valence electrons. The first kappa shape index (κ1) is 14.9. The van der Waals surface area contributed by atoms with Gasteiger partial charge < -0.3 is 15.0 Å². The Morgan fingerprint density at radius 2 is 2.20 bits per heavy atom. The summed E-state index contributed by atoms with van der Waals surface area (Å²) in [5.74, 6) is 0.974. The van der Waals surface area contributed by atoms with Crippen LogP contribution in [0, 0.1) is 0 Å². The van der Waals surface area contributed by atoms with Crippen molar-refractivity contribution in [3.05, 3.63) is 35.4 Å². The second-order valence-corrected chi connectivity index (χ2v) is 5.42. The number of hydrogen-bond acceptors (Lipinski definition) is 3. The van der Waals surface area contributed by atoms with Crippen molar-refractivity contribution in [3.63, 3.8) is 0 Å². The van der Waals surface area contributed by atoms with Crippen molar-refractivity contribution in [2.45, 2.75) is 33.2 Å². The van der Waals surface area contributed by atoms with Crippen LogP contribution in [0.1, 0.15) is 38.8 Å². The Balaban J connectivity index is 2.36. The van der Waals surface area contributed by atoms with Crippen molar-refractivity contribution in [2.75, 3.05) is 31.6 Å². The van der Waals surface area contributed by atoms with Gasteiger partial charge in [0.05, 0.1) is 7.11 Å². The summed E-state index contributed by atoms with van der Waals surface area (Å²) < 4.78 is 5.58. The summed E-state index contributed by atoms with van der Waals surface area (Å²) in [5.41, 5.74) is 4.05. The molecule has 1 atom stereocenters. The summed E-state index contributed by atoms with van der Waals surface area (Å²) in [6.45, 7) is 9.59. The molecule has 1 aliphatic rings. The van der Waals surface area contributed by atoms with E-state index in [0.717, 1.165) is 31.8 Å². The lowest BCUT2D eigenvalue weighted by molar-refractivity contribution is 0.402. The van der Waals surface area contributed by atoms with E-state index in [1.165, 1.54) is 16.8 Å². The number of nitrogens with one attached hydrogen (secondary N) is 1. The number of nitrogens with zero attached hydrogens (tertiary/aromatic N) is 1. The summed E-state index contributed by atoms with van der Waals surface area (Å²) in [7, 11) is 1.75. The Morgan fingerprint density at radius 1 is 1.40 bits per heavy atom. The fourth-order valence-electron chi connectivity index (χ4n) is 2.82. The van der Waals surface area contributed by atoms with Gasteiger partial charge in [-0.25, -0.2) is 0 Å². The lowest BCUT2D eigenvalue weighted by Gasteiger charge is -2.32. The third-order valence-corrected chi connectivity index (χ3v) is 3.98. The van der Waals surface area contributed by atoms with Gasteiger partial charge in [-0.05, 0) is 38.9 Å². The van der Waals surface area contributed by atoms with Gasteiger partial charge in [-0.1, -0.05) is 24.6 Å². The molecule has 0 saturated carbocycles. The minimum atomic E-state index is 0.290. The highest BCUT2D eigenvalue weighted by Crippen LogP contribution is 2.35. The van der Waals surface area contributed by atoms with Gasteiger partial charge in [0.15, 0.2) is 0 Å². The zero-order valence-electron chi connectivity index (χ0n) is 13.1. The number of methoxy groups -OCH3 is 1. The molecule has 2 rings (SSSR count). The summed E-state index contributed by atoms with van der Waals surface area (Å²) in [6, 6.07) is 6.64. The molecular weight excluding hydrogens is 248 g/mol. The van der Waals surface area contributed by atoms with Crippen molar-refractivity contribution >= 4 is 5.69 Å². The van der Waals surface area contributed by atoms with Crippen molar-refractivity contribution in [1.82, 2.24) is 5.32 Å². The quantitative estimate of drug-likeness (QED) is 0.831. The van der Waals surface area contributed by atoms with Crippen LogP contribution in [-0.2, 0) is 0 Å². The van der Waals surface area contributed by atoms with E-state index in [9.17, 15) is 0 Å². The Morgan fingerprint density at radius 3 is 2.80 bits per heavy atom. The molecule has 0 aromatic heterocycles. The maximum atomic E-state index is 5.58. The molecule has 0 saturated heterocycles. The molecule has 20 heavy (non-hydrogen) atoms. The van der Waals surface area contributed by atoms with Gasteiger partial charge in [0.2, 0.25) is 0 Å². The number of rotatable bonds is 5. The molecule has 1 unspecified atom stereocenters. The predicted molar refractivity (Wildman–Crippen MR) is 85.7 cm³/mol. The van der Waals surface area contributed by atoms with Gasteiger partial charge in [0.25, 0.3) is 0 Å². The molecule has 1 aliphatic heterocycles. The van der Waals surface area contributed by atoms with Crippen molar-refractivity contribution in [2.24, 2.45) is 0 Å². The highest BCUT2D eigenvalue weighted by atomic mass is 16.5. The molecule has 1 aromatic carbocycles. The van der Waals surface area contributed by atoms with Gasteiger partial charge in [-0.15, -0.1) is 0 Å². The highest BCUT2D eigenvalue weighted by molar-refractivity contribution is 5.61. The molecule has 3 nitrogen and oxygen atoms in total. The van der Waals surface area contributed by atoms with Crippen LogP contribution in [0.5, 0.6) is 5.75 Å². The smallest absolute Gasteiger partial charge is 0.125 e. The van der Waals surface area contributed by atoms with Crippen LogP contribution in [-0.4, -0.2) is 26.7 Å². The number of hydrogen-bond donors (Lipinski definition) is 1. The van der Waals surface area contributed by atoms with E-state index in [-0.39, 0.29) is 6.04 Å². The van der Waals surface area contributed by atoms with Crippen LogP contribution >= 0.6 is 0 Å². The molecule has 0 amide bonds. The Labute approximate surface area is 122 Å². The van der Waals surface area contributed by atoms with Gasteiger partial charge in [-0.2, -0.15) is 0 Å². The zero-order chi connectivity index (χ0) is 14.5. The van der Waals surface area contributed by atoms with Crippen molar-refractivity contribution < 1.29 is 4.74 Å². The zero-order valence-corrected chi connectivity index (χ0v) is 13.1. The third kappa shape index (κ3) is 3.15. The maximum Gasteiger partial charge on any atom is 0.125 e. The van der Waals surface area contributed by atoms with E-state index in [2.05, 4.69) is 55.3 Å². The van der Waals surface area contributed by atoms with Crippen LogP contribution in [0.4, 0.5) is 5.69 Å². The van der Waals surface area contributed by atoms with E-state index >= 15 is 0 Å². The maximum absolute atomic E-state index is 5.58. The molecule has 0 fully saturated rings. The fourth-order valence-corrected chi connectivity index (χ4v) is 2.82. The molecule has 0 bridgehead atoms. The van der Waals surface area contributed by atoms with Crippen LogP contribution < -0.4 is 15.0 Å². The van der Waals surface area contributed by atoms with Crippen molar-refractivity contribution in [1.29, 1.82) is 0 Å². The Kier molecular flexibility index (Phi) is 5.07. The Hall–Kier alpha value is -1.48. The second-order valence-electron chi connectivity index (χ2n) is 5.42. The lowest BCUT2D eigenvalue weighted by atomic mass is 10.0. The molecule has 0 radical (unpaired) electrons. The highest BCUT2D eigenvalue weighted by Gasteiger charge is 2.20. The third-order valence-electron chi connectivity index (χ3n) is 3.98.